The number of hydrogen-bond acceptors (Lipinski definition) is 2. The molecule has 0 aromatic rings. The molecule has 0 fully saturated rings. The third-order valence-electron chi connectivity index (χ3n) is 0.449. The standard InChI is InChI=1S/C3H8N2S.ClH/c1-5-3(4)2-6;/h6H,2H2,1H3,(H2,4,5);1H. The summed E-state index contributed by atoms with van der Waals surface area (Å²) in [5, 5.41) is 0. The van der Waals surface area contributed by atoms with E-state index in [2.05, 4.69) is 17.6 Å². The lowest BCUT2D eigenvalue weighted by Gasteiger charge is -1.84. The second-order valence-corrected chi connectivity index (χ2v) is 1.19. The fourth-order valence-electron chi connectivity index (χ4n) is 0.0707. The van der Waals surface area contributed by atoms with Crippen molar-refractivity contribution < 1.29 is 0 Å². The van der Waals surface area contributed by atoms with Crippen LogP contribution >= 0.6 is 25.0 Å². The Balaban J connectivity index is 0. The van der Waals surface area contributed by atoms with Crippen molar-refractivity contribution >= 4 is 30.9 Å². The molecule has 7 heavy (non-hydrogen) atoms. The van der Waals surface area contributed by atoms with E-state index in [4.69, 9.17) is 5.73 Å². The van der Waals surface area contributed by atoms with E-state index in [0.717, 1.165) is 0 Å². The summed E-state index contributed by atoms with van der Waals surface area (Å²) < 4.78 is 0. The third-order valence-corrected chi connectivity index (χ3v) is 0.773. The van der Waals surface area contributed by atoms with Gasteiger partial charge in [-0.3, -0.25) is 4.99 Å². The molecule has 0 heterocycles. The number of halogens is 1. The number of nitrogens with zero attached hydrogens (tertiary/aromatic N) is 1. The average molecular weight is 141 g/mol. The van der Waals surface area contributed by atoms with E-state index < -0.39 is 0 Å². The number of hydrogen-bond donors (Lipinski definition) is 2. The first kappa shape index (κ1) is 10.2. The first-order chi connectivity index (χ1) is 2.81. The minimum atomic E-state index is 0. The Bertz CT molecular complexity index is 64.0. The normalized spacial score (nSPS) is 10.3. The van der Waals surface area contributed by atoms with Crippen molar-refractivity contribution in [3.8, 4) is 0 Å². The van der Waals surface area contributed by atoms with Gasteiger partial charge < -0.3 is 5.73 Å². The monoisotopic (exact) mass is 140 g/mol. The topological polar surface area (TPSA) is 38.4 Å². The number of aliphatic imine (C=N–C) groups is 1. The van der Waals surface area contributed by atoms with Crippen LogP contribution in [0, 0.1) is 0 Å². The Kier molecular flexibility index (Phi) is 8.87. The van der Waals surface area contributed by atoms with E-state index in [1.54, 1.807) is 7.05 Å². The first-order valence-electron chi connectivity index (χ1n) is 1.63. The molecule has 0 unspecified atom stereocenters. The molecule has 0 spiro atoms. The van der Waals surface area contributed by atoms with Gasteiger partial charge in [-0.25, -0.2) is 0 Å². The van der Waals surface area contributed by atoms with E-state index in [0.29, 0.717) is 11.6 Å². The molecule has 0 aliphatic heterocycles. The van der Waals surface area contributed by atoms with Crippen molar-refractivity contribution in [2.75, 3.05) is 12.8 Å². The van der Waals surface area contributed by atoms with Gasteiger partial charge in [-0.2, -0.15) is 12.6 Å². The van der Waals surface area contributed by atoms with Crippen LogP contribution in [-0.2, 0) is 0 Å². The van der Waals surface area contributed by atoms with Gasteiger partial charge in [0, 0.05) is 12.8 Å². The molecule has 0 rings (SSSR count). The van der Waals surface area contributed by atoms with Crippen LogP contribution in [0.1, 0.15) is 0 Å². The maximum absolute atomic E-state index is 5.15. The fraction of sp³-hybridized carbons (Fsp3) is 0.667. The Hall–Kier alpha value is 0.110. The van der Waals surface area contributed by atoms with Crippen LogP contribution < -0.4 is 5.73 Å². The molecule has 2 N–H and O–H groups in total. The van der Waals surface area contributed by atoms with E-state index in [1.165, 1.54) is 0 Å². The van der Waals surface area contributed by atoms with E-state index >= 15 is 0 Å². The van der Waals surface area contributed by atoms with E-state index in [1.807, 2.05) is 0 Å². The van der Waals surface area contributed by atoms with Gasteiger partial charge in [0.25, 0.3) is 0 Å². The summed E-state index contributed by atoms with van der Waals surface area (Å²) in [5.41, 5.74) is 5.15. The van der Waals surface area contributed by atoms with Gasteiger partial charge in [0.1, 0.15) is 5.84 Å². The van der Waals surface area contributed by atoms with Crippen molar-refractivity contribution in [3.05, 3.63) is 0 Å². The Morgan fingerprint density at radius 3 is 2.29 bits per heavy atom. The number of rotatable bonds is 1. The third kappa shape index (κ3) is 6.11. The Morgan fingerprint density at radius 2 is 2.29 bits per heavy atom. The SMILES string of the molecule is CN=C(N)CS.Cl. The predicted molar refractivity (Wildman–Crippen MR) is 38.6 cm³/mol. The van der Waals surface area contributed by atoms with Crippen LogP contribution in [0.4, 0.5) is 0 Å². The van der Waals surface area contributed by atoms with Crippen molar-refractivity contribution in [2.24, 2.45) is 10.7 Å². The van der Waals surface area contributed by atoms with Crippen molar-refractivity contribution in [1.82, 2.24) is 0 Å². The first-order valence-corrected chi connectivity index (χ1v) is 2.26. The molecule has 0 amide bonds. The molecule has 0 aliphatic carbocycles. The van der Waals surface area contributed by atoms with Crippen molar-refractivity contribution in [3.63, 3.8) is 0 Å². The molecule has 44 valence electrons. The summed E-state index contributed by atoms with van der Waals surface area (Å²) in [7, 11) is 1.64. The van der Waals surface area contributed by atoms with Gasteiger partial charge in [0.15, 0.2) is 0 Å². The minimum absolute atomic E-state index is 0. The lowest BCUT2D eigenvalue weighted by atomic mass is 10.7. The van der Waals surface area contributed by atoms with Crippen molar-refractivity contribution in [1.29, 1.82) is 0 Å². The van der Waals surface area contributed by atoms with Crippen LogP contribution in [0.25, 0.3) is 0 Å². The summed E-state index contributed by atoms with van der Waals surface area (Å²) in [5.74, 6) is 1.13. The second-order valence-electron chi connectivity index (χ2n) is 0.873. The highest BCUT2D eigenvalue weighted by Crippen LogP contribution is 1.69. The van der Waals surface area contributed by atoms with Crippen molar-refractivity contribution in [2.45, 2.75) is 0 Å². The largest absolute Gasteiger partial charge is 0.387 e. The summed E-state index contributed by atoms with van der Waals surface area (Å²) in [4.78, 5) is 3.62. The maximum atomic E-state index is 5.15. The minimum Gasteiger partial charge on any atom is -0.387 e. The number of amidine groups is 1. The van der Waals surface area contributed by atoms with Gasteiger partial charge in [-0.1, -0.05) is 0 Å². The maximum Gasteiger partial charge on any atom is 0.103 e. The van der Waals surface area contributed by atoms with Gasteiger partial charge in [-0.15, -0.1) is 12.4 Å². The molecule has 0 saturated carbocycles. The fourth-order valence-corrected chi connectivity index (χ4v) is 0.212. The van der Waals surface area contributed by atoms with Crippen LogP contribution in [-0.4, -0.2) is 18.6 Å². The van der Waals surface area contributed by atoms with Crippen LogP contribution in [0.2, 0.25) is 0 Å². The summed E-state index contributed by atoms with van der Waals surface area (Å²) in [6.45, 7) is 0. The smallest absolute Gasteiger partial charge is 0.103 e. The van der Waals surface area contributed by atoms with Crippen LogP contribution in [0.15, 0.2) is 4.99 Å². The second kappa shape index (κ2) is 6.11. The summed E-state index contributed by atoms with van der Waals surface area (Å²) >= 11 is 3.84. The molecular formula is C3H9ClN2S. The van der Waals surface area contributed by atoms with E-state index in [9.17, 15) is 0 Å². The summed E-state index contributed by atoms with van der Waals surface area (Å²) in [6, 6.07) is 0. The van der Waals surface area contributed by atoms with Gasteiger partial charge in [0.05, 0.1) is 0 Å². The van der Waals surface area contributed by atoms with Gasteiger partial charge >= 0.3 is 0 Å². The number of thiol groups is 1. The van der Waals surface area contributed by atoms with Crippen LogP contribution in [0.5, 0.6) is 0 Å². The lowest BCUT2D eigenvalue weighted by Crippen LogP contribution is -2.12. The highest BCUT2D eigenvalue weighted by molar-refractivity contribution is 7.81. The molecule has 0 bridgehead atoms. The zero-order chi connectivity index (χ0) is 4.99. The highest BCUT2D eigenvalue weighted by atomic mass is 35.5. The quantitative estimate of drug-likeness (QED) is 0.308. The Labute approximate surface area is 55.0 Å². The summed E-state index contributed by atoms with van der Waals surface area (Å²) in [6.07, 6.45) is 0. The van der Waals surface area contributed by atoms with E-state index in [-0.39, 0.29) is 12.4 Å². The molecule has 0 atom stereocenters. The lowest BCUT2D eigenvalue weighted by molar-refractivity contribution is 1.39. The molecule has 4 heteroatoms. The molecule has 0 saturated heterocycles. The molecule has 0 aromatic carbocycles. The molecule has 0 aromatic heterocycles. The molecule has 0 radical (unpaired) electrons. The zero-order valence-electron chi connectivity index (χ0n) is 4.09. The van der Waals surface area contributed by atoms with Crippen LogP contribution in [0.3, 0.4) is 0 Å². The molecular weight excluding hydrogens is 132 g/mol. The number of nitrogens with two attached hydrogens (primary N) is 1. The van der Waals surface area contributed by atoms with Gasteiger partial charge in [0.2, 0.25) is 0 Å². The average Bonchev–Trinajstić information content (AvgIpc) is 1.65. The molecule has 2 nitrogen and oxygen atoms in total. The highest BCUT2D eigenvalue weighted by Gasteiger charge is 1.76. The predicted octanol–water partition coefficient (Wildman–Crippen LogP) is 0.325. The van der Waals surface area contributed by atoms with Gasteiger partial charge in [-0.05, 0) is 0 Å². The zero-order valence-corrected chi connectivity index (χ0v) is 5.80. The Morgan fingerprint density at radius 1 is 1.86 bits per heavy atom. The molecule has 0 aliphatic rings.